The van der Waals surface area contributed by atoms with Crippen molar-refractivity contribution in [2.75, 3.05) is 6.61 Å². The van der Waals surface area contributed by atoms with Crippen molar-refractivity contribution < 1.29 is 4.74 Å². The molecule has 0 amide bonds. The Morgan fingerprint density at radius 3 is 2.63 bits per heavy atom. The van der Waals surface area contributed by atoms with Crippen LogP contribution in [-0.2, 0) is 0 Å². The zero-order valence-electron chi connectivity index (χ0n) is 12.1. The standard InChI is InChI=1S/C16H26N2O/c1-3-12-5-7-13(8-6-12)16(17)14-9-15(19-4-2)11-18-10-14/h9-13,16H,3-8,17H2,1-2H3. The highest BCUT2D eigenvalue weighted by molar-refractivity contribution is 5.26. The Bertz CT molecular complexity index is 386. The molecule has 19 heavy (non-hydrogen) atoms. The lowest BCUT2D eigenvalue weighted by molar-refractivity contribution is 0.239. The molecule has 1 heterocycles. The van der Waals surface area contributed by atoms with Crippen LogP contribution in [0, 0.1) is 11.8 Å². The Balaban J connectivity index is 1.99. The monoisotopic (exact) mass is 262 g/mol. The molecule has 1 saturated carbocycles. The Hall–Kier alpha value is -1.09. The predicted octanol–water partition coefficient (Wildman–Crippen LogP) is 3.70. The maximum atomic E-state index is 6.43. The van der Waals surface area contributed by atoms with Crippen molar-refractivity contribution in [2.45, 2.75) is 52.0 Å². The van der Waals surface area contributed by atoms with Crippen LogP contribution in [0.25, 0.3) is 0 Å². The minimum Gasteiger partial charge on any atom is -0.492 e. The lowest BCUT2D eigenvalue weighted by atomic mass is 9.76. The molecule has 1 aliphatic carbocycles. The molecule has 3 nitrogen and oxygen atoms in total. The molecule has 0 saturated heterocycles. The highest BCUT2D eigenvalue weighted by atomic mass is 16.5. The smallest absolute Gasteiger partial charge is 0.137 e. The molecule has 2 rings (SSSR count). The highest BCUT2D eigenvalue weighted by Gasteiger charge is 2.26. The summed E-state index contributed by atoms with van der Waals surface area (Å²) in [4.78, 5) is 4.25. The fourth-order valence-corrected chi connectivity index (χ4v) is 3.09. The minimum absolute atomic E-state index is 0.103. The van der Waals surface area contributed by atoms with Crippen LogP contribution in [0.3, 0.4) is 0 Å². The van der Waals surface area contributed by atoms with Crippen molar-refractivity contribution in [3.63, 3.8) is 0 Å². The van der Waals surface area contributed by atoms with E-state index in [1.54, 1.807) is 6.20 Å². The van der Waals surface area contributed by atoms with Crippen molar-refractivity contribution in [3.8, 4) is 5.75 Å². The Kier molecular flexibility index (Phi) is 5.20. The lowest BCUT2D eigenvalue weighted by Crippen LogP contribution is -2.26. The van der Waals surface area contributed by atoms with Crippen LogP contribution in [0.1, 0.15) is 57.6 Å². The number of nitrogens with zero attached hydrogens (tertiary/aromatic N) is 1. The van der Waals surface area contributed by atoms with Gasteiger partial charge in [-0.2, -0.15) is 0 Å². The molecule has 2 N–H and O–H groups in total. The van der Waals surface area contributed by atoms with Crippen molar-refractivity contribution >= 4 is 0 Å². The largest absolute Gasteiger partial charge is 0.492 e. The van der Waals surface area contributed by atoms with E-state index in [9.17, 15) is 0 Å². The molecule has 1 aliphatic rings. The molecule has 1 unspecified atom stereocenters. The number of hydrogen-bond acceptors (Lipinski definition) is 3. The molecule has 0 radical (unpaired) electrons. The normalized spacial score (nSPS) is 25.0. The highest BCUT2D eigenvalue weighted by Crippen LogP contribution is 2.37. The van der Waals surface area contributed by atoms with Gasteiger partial charge in [-0.1, -0.05) is 26.2 Å². The van der Waals surface area contributed by atoms with Gasteiger partial charge in [-0.05, 0) is 43.2 Å². The molecule has 106 valence electrons. The summed E-state index contributed by atoms with van der Waals surface area (Å²) in [6.45, 7) is 4.95. The summed E-state index contributed by atoms with van der Waals surface area (Å²) >= 11 is 0. The van der Waals surface area contributed by atoms with Gasteiger partial charge in [0.05, 0.1) is 12.8 Å². The third-order valence-corrected chi connectivity index (χ3v) is 4.41. The van der Waals surface area contributed by atoms with Crippen molar-refractivity contribution in [1.82, 2.24) is 4.98 Å². The van der Waals surface area contributed by atoms with Gasteiger partial charge >= 0.3 is 0 Å². The van der Waals surface area contributed by atoms with E-state index in [4.69, 9.17) is 10.5 Å². The number of nitrogens with two attached hydrogens (primary N) is 1. The van der Waals surface area contributed by atoms with Gasteiger partial charge in [0, 0.05) is 12.2 Å². The van der Waals surface area contributed by atoms with Crippen LogP contribution < -0.4 is 10.5 Å². The SMILES string of the molecule is CCOc1cncc(C(N)C2CCC(CC)CC2)c1. The molecule has 1 aromatic heterocycles. The van der Waals surface area contributed by atoms with E-state index in [-0.39, 0.29) is 6.04 Å². The van der Waals surface area contributed by atoms with Crippen LogP contribution in [0.4, 0.5) is 0 Å². The first-order valence-corrected chi connectivity index (χ1v) is 7.57. The van der Waals surface area contributed by atoms with E-state index in [1.165, 1.54) is 32.1 Å². The van der Waals surface area contributed by atoms with E-state index in [1.807, 2.05) is 19.2 Å². The second-order valence-corrected chi connectivity index (χ2v) is 5.60. The Labute approximate surface area is 116 Å². The average Bonchev–Trinajstić information content (AvgIpc) is 2.47. The van der Waals surface area contributed by atoms with E-state index in [2.05, 4.69) is 11.9 Å². The predicted molar refractivity (Wildman–Crippen MR) is 78.1 cm³/mol. The van der Waals surface area contributed by atoms with Crippen molar-refractivity contribution in [1.29, 1.82) is 0 Å². The summed E-state index contributed by atoms with van der Waals surface area (Å²) in [5.41, 5.74) is 7.54. The van der Waals surface area contributed by atoms with Gasteiger partial charge in [0.1, 0.15) is 5.75 Å². The second-order valence-electron chi connectivity index (χ2n) is 5.60. The van der Waals surface area contributed by atoms with Crippen molar-refractivity contribution in [3.05, 3.63) is 24.0 Å². The Morgan fingerprint density at radius 2 is 2.00 bits per heavy atom. The molecular formula is C16H26N2O. The number of pyridine rings is 1. The summed E-state index contributed by atoms with van der Waals surface area (Å²) in [6.07, 6.45) is 10.1. The van der Waals surface area contributed by atoms with E-state index >= 15 is 0 Å². The molecule has 0 aromatic carbocycles. The molecule has 1 fully saturated rings. The molecule has 1 atom stereocenters. The molecule has 0 bridgehead atoms. The average molecular weight is 262 g/mol. The second kappa shape index (κ2) is 6.90. The van der Waals surface area contributed by atoms with Crippen molar-refractivity contribution in [2.24, 2.45) is 17.6 Å². The molecule has 3 heteroatoms. The summed E-state index contributed by atoms with van der Waals surface area (Å²) in [6, 6.07) is 2.15. The first-order chi connectivity index (χ1) is 9.24. The quantitative estimate of drug-likeness (QED) is 0.880. The van der Waals surface area contributed by atoms with E-state index in [0.717, 1.165) is 17.2 Å². The third kappa shape index (κ3) is 3.69. The van der Waals surface area contributed by atoms with E-state index in [0.29, 0.717) is 12.5 Å². The van der Waals surface area contributed by atoms with Gasteiger partial charge in [-0.25, -0.2) is 0 Å². The summed E-state index contributed by atoms with van der Waals surface area (Å²) in [5.74, 6) is 2.34. The Morgan fingerprint density at radius 1 is 1.26 bits per heavy atom. The summed E-state index contributed by atoms with van der Waals surface area (Å²) in [7, 11) is 0. The van der Waals surface area contributed by atoms with Gasteiger partial charge in [0.25, 0.3) is 0 Å². The van der Waals surface area contributed by atoms with Gasteiger partial charge in [-0.15, -0.1) is 0 Å². The van der Waals surface area contributed by atoms with Crippen LogP contribution in [0.5, 0.6) is 5.75 Å². The maximum Gasteiger partial charge on any atom is 0.137 e. The first-order valence-electron chi connectivity index (χ1n) is 7.57. The molecule has 0 aliphatic heterocycles. The molecule has 0 spiro atoms. The van der Waals surface area contributed by atoms with Gasteiger partial charge in [0.2, 0.25) is 0 Å². The lowest BCUT2D eigenvalue weighted by Gasteiger charge is -2.31. The minimum atomic E-state index is 0.103. The molecule has 1 aromatic rings. The summed E-state index contributed by atoms with van der Waals surface area (Å²) in [5, 5.41) is 0. The van der Waals surface area contributed by atoms with Crippen LogP contribution in [-0.4, -0.2) is 11.6 Å². The zero-order valence-corrected chi connectivity index (χ0v) is 12.1. The van der Waals surface area contributed by atoms with Gasteiger partial charge in [-0.3, -0.25) is 4.98 Å². The van der Waals surface area contributed by atoms with Crippen LogP contribution in [0.15, 0.2) is 18.5 Å². The topological polar surface area (TPSA) is 48.1 Å². The first kappa shape index (κ1) is 14.3. The number of ether oxygens (including phenoxy) is 1. The van der Waals surface area contributed by atoms with Crippen LogP contribution >= 0.6 is 0 Å². The number of aromatic nitrogens is 1. The van der Waals surface area contributed by atoms with Gasteiger partial charge in [0.15, 0.2) is 0 Å². The summed E-state index contributed by atoms with van der Waals surface area (Å²) < 4.78 is 5.50. The molecular weight excluding hydrogens is 236 g/mol. The maximum absolute atomic E-state index is 6.43. The number of rotatable bonds is 5. The third-order valence-electron chi connectivity index (χ3n) is 4.41. The van der Waals surface area contributed by atoms with E-state index < -0.39 is 0 Å². The van der Waals surface area contributed by atoms with Gasteiger partial charge < -0.3 is 10.5 Å². The zero-order chi connectivity index (χ0) is 13.7. The van der Waals surface area contributed by atoms with Crippen LogP contribution in [0.2, 0.25) is 0 Å². The fourth-order valence-electron chi connectivity index (χ4n) is 3.09. The number of hydrogen-bond donors (Lipinski definition) is 1. The fraction of sp³-hybridized carbons (Fsp3) is 0.688.